The number of rotatable bonds is 5. The molecule has 1 aliphatic carbocycles. The van der Waals surface area contributed by atoms with Gasteiger partial charge in [0.25, 0.3) is 0 Å². The molecule has 0 radical (unpaired) electrons. The van der Waals surface area contributed by atoms with Gasteiger partial charge in [0.05, 0.1) is 19.6 Å². The van der Waals surface area contributed by atoms with Crippen LogP contribution in [-0.2, 0) is 4.79 Å². The van der Waals surface area contributed by atoms with Gasteiger partial charge in [0.1, 0.15) is 4.83 Å². The monoisotopic (exact) mass is 397 g/mol. The number of aromatic nitrogens is 2. The lowest BCUT2D eigenvalue weighted by Gasteiger charge is -2.20. The van der Waals surface area contributed by atoms with Crippen molar-refractivity contribution >= 4 is 33.5 Å². The summed E-state index contributed by atoms with van der Waals surface area (Å²) in [5, 5.41) is 3.89. The number of methoxy groups -OCH3 is 2. The number of hydrogen-bond acceptors (Lipinski definition) is 6. The average molecular weight is 398 g/mol. The van der Waals surface area contributed by atoms with Gasteiger partial charge in [0.2, 0.25) is 5.91 Å². The van der Waals surface area contributed by atoms with Gasteiger partial charge < -0.3 is 14.8 Å². The van der Waals surface area contributed by atoms with Crippen LogP contribution in [0.5, 0.6) is 11.5 Å². The number of anilines is 1. The van der Waals surface area contributed by atoms with E-state index in [-0.39, 0.29) is 11.8 Å². The largest absolute Gasteiger partial charge is 0.493 e. The fourth-order valence-electron chi connectivity index (χ4n) is 3.68. The molecule has 7 heteroatoms. The number of fused-ring (bicyclic) bond motifs is 1. The number of ether oxygens (including phenoxy) is 2. The summed E-state index contributed by atoms with van der Waals surface area (Å²) in [5.41, 5.74) is 1.89. The minimum absolute atomic E-state index is 0.0726. The molecule has 2 aromatic heterocycles. The second kappa shape index (κ2) is 8.14. The quantitative estimate of drug-likeness (QED) is 0.663. The summed E-state index contributed by atoms with van der Waals surface area (Å²) in [6.07, 6.45) is 7.21. The Balaban J connectivity index is 1.63. The van der Waals surface area contributed by atoms with E-state index < -0.39 is 0 Å². The van der Waals surface area contributed by atoms with Crippen LogP contribution in [-0.4, -0.2) is 29.5 Å². The standard InChI is InChI=1S/C21H23N3O3S/c1-26-17-9-8-14(11-18(17)27-2)15-10-16-19(24-28-21(16)22-12-15)23-20(25)13-6-4-3-5-7-13/h8-13H,3-7H2,1-2H3,(H,23,24,25). The van der Waals surface area contributed by atoms with Crippen molar-refractivity contribution in [1.29, 1.82) is 0 Å². The van der Waals surface area contributed by atoms with Crippen LogP contribution in [0, 0.1) is 5.92 Å². The highest BCUT2D eigenvalue weighted by atomic mass is 32.1. The first-order valence-corrected chi connectivity index (χ1v) is 10.3. The molecule has 1 fully saturated rings. The number of carbonyl (C=O) groups is 1. The fourth-order valence-corrected chi connectivity index (χ4v) is 4.36. The first-order valence-electron chi connectivity index (χ1n) is 9.48. The van der Waals surface area contributed by atoms with Crippen molar-refractivity contribution in [2.24, 2.45) is 5.92 Å². The molecule has 28 heavy (non-hydrogen) atoms. The van der Waals surface area contributed by atoms with Gasteiger partial charge in [-0.3, -0.25) is 4.79 Å². The Kier molecular flexibility index (Phi) is 5.43. The third-order valence-electron chi connectivity index (χ3n) is 5.26. The Hall–Kier alpha value is -2.67. The Morgan fingerprint density at radius 3 is 2.61 bits per heavy atom. The smallest absolute Gasteiger partial charge is 0.228 e. The highest BCUT2D eigenvalue weighted by Crippen LogP contribution is 2.35. The minimum atomic E-state index is 0.0726. The number of nitrogens with zero attached hydrogens (tertiary/aromatic N) is 2. The lowest BCUT2D eigenvalue weighted by molar-refractivity contribution is -0.120. The SMILES string of the molecule is COc1ccc(-c2cnc3snc(NC(=O)C4CCCCC4)c3c2)cc1OC. The molecule has 1 aliphatic rings. The van der Waals surface area contributed by atoms with E-state index in [9.17, 15) is 4.79 Å². The third-order valence-corrected chi connectivity index (χ3v) is 6.04. The zero-order valence-corrected chi connectivity index (χ0v) is 16.8. The van der Waals surface area contributed by atoms with E-state index in [1.165, 1.54) is 18.0 Å². The van der Waals surface area contributed by atoms with Crippen LogP contribution in [0.1, 0.15) is 32.1 Å². The second-order valence-electron chi connectivity index (χ2n) is 7.00. The summed E-state index contributed by atoms with van der Waals surface area (Å²) in [4.78, 5) is 18.0. The van der Waals surface area contributed by atoms with Crippen LogP contribution >= 0.6 is 11.5 Å². The minimum Gasteiger partial charge on any atom is -0.493 e. The summed E-state index contributed by atoms with van der Waals surface area (Å²) < 4.78 is 15.1. The van der Waals surface area contributed by atoms with Gasteiger partial charge >= 0.3 is 0 Å². The Bertz CT molecular complexity index is 996. The van der Waals surface area contributed by atoms with Gasteiger partial charge in [-0.15, -0.1) is 0 Å². The highest BCUT2D eigenvalue weighted by Gasteiger charge is 2.22. The zero-order valence-electron chi connectivity index (χ0n) is 16.0. The average Bonchev–Trinajstić information content (AvgIpc) is 3.15. The van der Waals surface area contributed by atoms with Crippen molar-refractivity contribution in [2.75, 3.05) is 19.5 Å². The topological polar surface area (TPSA) is 73.3 Å². The molecule has 0 atom stereocenters. The molecular formula is C21H23N3O3S. The lowest BCUT2D eigenvalue weighted by atomic mass is 9.89. The van der Waals surface area contributed by atoms with E-state index in [2.05, 4.69) is 14.7 Å². The van der Waals surface area contributed by atoms with Crippen molar-refractivity contribution in [3.63, 3.8) is 0 Å². The molecular weight excluding hydrogens is 374 g/mol. The van der Waals surface area contributed by atoms with Crippen LogP contribution in [0.15, 0.2) is 30.5 Å². The van der Waals surface area contributed by atoms with Crippen LogP contribution < -0.4 is 14.8 Å². The van der Waals surface area contributed by atoms with E-state index in [4.69, 9.17) is 9.47 Å². The maximum Gasteiger partial charge on any atom is 0.228 e. The number of carbonyl (C=O) groups excluding carboxylic acids is 1. The molecule has 6 nitrogen and oxygen atoms in total. The van der Waals surface area contributed by atoms with Crippen LogP contribution in [0.4, 0.5) is 5.82 Å². The number of pyridine rings is 1. The zero-order chi connectivity index (χ0) is 19.5. The first kappa shape index (κ1) is 18.7. The molecule has 0 bridgehead atoms. The van der Waals surface area contributed by atoms with Crippen LogP contribution in [0.2, 0.25) is 0 Å². The Labute approximate surface area is 168 Å². The molecule has 3 aromatic rings. The lowest BCUT2D eigenvalue weighted by Crippen LogP contribution is -2.24. The normalized spacial score (nSPS) is 14.8. The summed E-state index contributed by atoms with van der Waals surface area (Å²) in [6.45, 7) is 0. The highest BCUT2D eigenvalue weighted by molar-refractivity contribution is 7.13. The van der Waals surface area contributed by atoms with Gasteiger partial charge in [0.15, 0.2) is 17.3 Å². The Morgan fingerprint density at radius 1 is 1.07 bits per heavy atom. The number of hydrogen-bond donors (Lipinski definition) is 1. The van der Waals surface area contributed by atoms with Gasteiger partial charge in [-0.25, -0.2) is 4.98 Å². The molecule has 4 rings (SSSR count). The summed E-state index contributed by atoms with van der Waals surface area (Å²) in [7, 11) is 3.23. The van der Waals surface area contributed by atoms with Crippen LogP contribution in [0.25, 0.3) is 21.3 Å². The van der Waals surface area contributed by atoms with E-state index in [0.717, 1.165) is 47.0 Å². The van der Waals surface area contributed by atoms with Gasteiger partial charge in [-0.2, -0.15) is 4.37 Å². The van der Waals surface area contributed by atoms with E-state index in [0.29, 0.717) is 17.3 Å². The molecule has 0 aliphatic heterocycles. The van der Waals surface area contributed by atoms with Gasteiger partial charge in [0, 0.05) is 17.7 Å². The number of benzene rings is 1. The molecule has 1 N–H and O–H groups in total. The molecule has 0 spiro atoms. The fraction of sp³-hybridized carbons (Fsp3) is 0.381. The number of amides is 1. The number of nitrogens with one attached hydrogen (secondary N) is 1. The molecule has 1 aromatic carbocycles. The van der Waals surface area contributed by atoms with E-state index in [1.807, 2.05) is 30.5 Å². The van der Waals surface area contributed by atoms with Crippen LogP contribution in [0.3, 0.4) is 0 Å². The molecule has 146 valence electrons. The van der Waals surface area contributed by atoms with Crippen molar-refractivity contribution in [1.82, 2.24) is 9.36 Å². The summed E-state index contributed by atoms with van der Waals surface area (Å²) in [6, 6.07) is 7.77. The van der Waals surface area contributed by atoms with E-state index >= 15 is 0 Å². The van der Waals surface area contributed by atoms with Crippen molar-refractivity contribution in [3.05, 3.63) is 30.5 Å². The third kappa shape index (κ3) is 3.67. The van der Waals surface area contributed by atoms with Crippen molar-refractivity contribution < 1.29 is 14.3 Å². The van der Waals surface area contributed by atoms with Gasteiger partial charge in [-0.05, 0) is 48.1 Å². The van der Waals surface area contributed by atoms with Crippen molar-refractivity contribution in [3.8, 4) is 22.6 Å². The molecule has 1 saturated carbocycles. The predicted molar refractivity (Wildman–Crippen MR) is 111 cm³/mol. The maximum absolute atomic E-state index is 12.6. The molecule has 1 amide bonds. The first-order chi connectivity index (χ1) is 13.7. The van der Waals surface area contributed by atoms with E-state index in [1.54, 1.807) is 14.2 Å². The Morgan fingerprint density at radius 2 is 1.86 bits per heavy atom. The summed E-state index contributed by atoms with van der Waals surface area (Å²) in [5.74, 6) is 2.11. The van der Waals surface area contributed by atoms with Gasteiger partial charge in [-0.1, -0.05) is 25.3 Å². The molecule has 2 heterocycles. The second-order valence-corrected chi connectivity index (χ2v) is 7.75. The molecule has 0 saturated heterocycles. The van der Waals surface area contributed by atoms with Crippen molar-refractivity contribution in [2.45, 2.75) is 32.1 Å². The predicted octanol–water partition coefficient (Wildman–Crippen LogP) is 4.89. The summed E-state index contributed by atoms with van der Waals surface area (Å²) >= 11 is 1.30. The molecule has 0 unspecified atom stereocenters. The maximum atomic E-state index is 12.6.